The van der Waals surface area contributed by atoms with Gasteiger partial charge in [-0.25, -0.2) is 9.48 Å². The Morgan fingerprint density at radius 2 is 2.05 bits per heavy atom. The van der Waals surface area contributed by atoms with Gasteiger partial charge in [-0.05, 0) is 12.1 Å². The zero-order valence-corrected chi connectivity index (χ0v) is 11.1. The van der Waals surface area contributed by atoms with Gasteiger partial charge in [0.25, 0.3) is 0 Å². The van der Waals surface area contributed by atoms with Gasteiger partial charge >= 0.3 is 12.1 Å². The van der Waals surface area contributed by atoms with E-state index in [0.29, 0.717) is 6.07 Å². The molecule has 1 N–H and O–H groups in total. The summed E-state index contributed by atoms with van der Waals surface area (Å²) in [6.45, 7) is -0.178. The van der Waals surface area contributed by atoms with E-state index in [9.17, 15) is 23.1 Å². The third-order valence-corrected chi connectivity index (χ3v) is 2.80. The van der Waals surface area contributed by atoms with Crippen LogP contribution < -0.4 is 0 Å². The fraction of sp³-hybridized carbons (Fsp3) is 0.333. The largest absolute Gasteiger partial charge is 0.493 e. The summed E-state index contributed by atoms with van der Waals surface area (Å²) in [5.74, 6) is -1.50. The van der Waals surface area contributed by atoms with Crippen molar-refractivity contribution in [1.29, 1.82) is 0 Å². The molecule has 6 nitrogen and oxygen atoms in total. The lowest BCUT2D eigenvalue weighted by Gasteiger charge is -2.08. The van der Waals surface area contributed by atoms with Crippen molar-refractivity contribution in [2.24, 2.45) is 0 Å². The highest BCUT2D eigenvalue weighted by Gasteiger charge is 2.33. The Labute approximate surface area is 116 Å². The third-order valence-electron chi connectivity index (χ3n) is 2.80. The molecule has 21 heavy (non-hydrogen) atoms. The van der Waals surface area contributed by atoms with Crippen LogP contribution in [0.15, 0.2) is 12.1 Å². The van der Waals surface area contributed by atoms with E-state index >= 15 is 0 Å². The van der Waals surface area contributed by atoms with E-state index in [1.165, 1.54) is 7.11 Å². The number of alkyl halides is 3. The van der Waals surface area contributed by atoms with Crippen LogP contribution in [0, 0.1) is 0 Å². The smallest absolute Gasteiger partial charge is 0.416 e. The monoisotopic (exact) mass is 304 g/mol. The van der Waals surface area contributed by atoms with Crippen molar-refractivity contribution in [2.75, 3.05) is 14.2 Å². The molecule has 0 bridgehead atoms. The van der Waals surface area contributed by atoms with Crippen LogP contribution in [-0.2, 0) is 22.4 Å². The van der Waals surface area contributed by atoms with Crippen molar-refractivity contribution in [2.45, 2.75) is 12.9 Å². The quantitative estimate of drug-likeness (QED) is 0.880. The minimum Gasteiger partial charge on any atom is -0.493 e. The van der Waals surface area contributed by atoms with Crippen LogP contribution in [0.25, 0.3) is 10.9 Å². The second-order valence-electron chi connectivity index (χ2n) is 4.15. The number of hydrogen-bond donors (Lipinski definition) is 1. The number of aromatic nitrogens is 2. The third kappa shape index (κ3) is 2.64. The first kappa shape index (κ1) is 15.1. The first-order chi connectivity index (χ1) is 9.79. The number of benzene rings is 1. The van der Waals surface area contributed by atoms with E-state index in [-0.39, 0.29) is 23.2 Å². The molecule has 0 radical (unpaired) electrons. The SMILES string of the molecule is COCn1nc2c(C(=O)OC)cc(C(F)(F)F)cc2c1O. The predicted molar refractivity (Wildman–Crippen MR) is 64.7 cm³/mol. The lowest BCUT2D eigenvalue weighted by Crippen LogP contribution is -2.09. The summed E-state index contributed by atoms with van der Waals surface area (Å²) in [5.41, 5.74) is -1.56. The average Bonchev–Trinajstić information content (AvgIpc) is 2.73. The van der Waals surface area contributed by atoms with Gasteiger partial charge in [0.05, 0.1) is 23.6 Å². The Kier molecular flexibility index (Phi) is 3.77. The highest BCUT2D eigenvalue weighted by Crippen LogP contribution is 2.36. The van der Waals surface area contributed by atoms with Gasteiger partial charge in [-0.15, -0.1) is 0 Å². The molecular weight excluding hydrogens is 293 g/mol. The fourth-order valence-electron chi connectivity index (χ4n) is 1.86. The predicted octanol–water partition coefficient (Wildman–Crippen LogP) is 2.15. The van der Waals surface area contributed by atoms with Crippen molar-refractivity contribution in [3.05, 3.63) is 23.3 Å². The van der Waals surface area contributed by atoms with Crippen molar-refractivity contribution in [3.8, 4) is 5.88 Å². The van der Waals surface area contributed by atoms with E-state index in [1.54, 1.807) is 0 Å². The van der Waals surface area contributed by atoms with Gasteiger partial charge in [0.1, 0.15) is 12.2 Å². The average molecular weight is 304 g/mol. The van der Waals surface area contributed by atoms with E-state index in [4.69, 9.17) is 4.74 Å². The number of ether oxygens (including phenoxy) is 2. The first-order valence-corrected chi connectivity index (χ1v) is 5.67. The highest BCUT2D eigenvalue weighted by molar-refractivity contribution is 6.04. The Morgan fingerprint density at radius 3 is 2.57 bits per heavy atom. The number of carbonyl (C=O) groups is 1. The van der Waals surface area contributed by atoms with E-state index in [2.05, 4.69) is 9.84 Å². The Bertz CT molecular complexity index is 694. The zero-order valence-electron chi connectivity index (χ0n) is 11.1. The summed E-state index contributed by atoms with van der Waals surface area (Å²) >= 11 is 0. The van der Waals surface area contributed by atoms with Gasteiger partial charge in [-0.2, -0.15) is 18.3 Å². The lowest BCUT2D eigenvalue weighted by atomic mass is 10.1. The highest BCUT2D eigenvalue weighted by atomic mass is 19.4. The minimum atomic E-state index is -4.67. The van der Waals surface area contributed by atoms with Gasteiger partial charge in [0.2, 0.25) is 5.88 Å². The number of carbonyl (C=O) groups excluding carboxylic acids is 1. The number of esters is 1. The van der Waals surface area contributed by atoms with Crippen LogP contribution in [0.4, 0.5) is 13.2 Å². The number of hydrogen-bond acceptors (Lipinski definition) is 5. The molecular formula is C12H11F3N2O4. The van der Waals surface area contributed by atoms with Gasteiger partial charge in [-0.3, -0.25) is 0 Å². The number of rotatable bonds is 3. The molecule has 1 aromatic heterocycles. The molecule has 1 heterocycles. The Morgan fingerprint density at radius 1 is 1.38 bits per heavy atom. The summed E-state index contributed by atoms with van der Waals surface area (Å²) in [6.07, 6.45) is -4.67. The Balaban J connectivity index is 2.78. The van der Waals surface area contributed by atoms with Crippen LogP contribution in [0.2, 0.25) is 0 Å². The van der Waals surface area contributed by atoms with Crippen molar-refractivity contribution >= 4 is 16.9 Å². The van der Waals surface area contributed by atoms with E-state index in [0.717, 1.165) is 17.9 Å². The van der Waals surface area contributed by atoms with E-state index in [1.807, 2.05) is 0 Å². The molecule has 2 aromatic rings. The fourth-order valence-corrected chi connectivity index (χ4v) is 1.86. The summed E-state index contributed by atoms with van der Waals surface area (Å²) in [5, 5.41) is 13.6. The summed E-state index contributed by atoms with van der Waals surface area (Å²) in [4.78, 5) is 11.6. The molecule has 0 aliphatic heterocycles. The van der Waals surface area contributed by atoms with Crippen LogP contribution in [0.3, 0.4) is 0 Å². The molecule has 0 fully saturated rings. The molecule has 0 aliphatic carbocycles. The van der Waals surface area contributed by atoms with Crippen LogP contribution in [0.5, 0.6) is 5.88 Å². The summed E-state index contributed by atoms with van der Waals surface area (Å²) in [6, 6.07) is 1.36. The number of nitrogens with zero attached hydrogens (tertiary/aromatic N) is 2. The zero-order chi connectivity index (χ0) is 15.8. The maximum atomic E-state index is 12.9. The molecule has 0 spiro atoms. The molecule has 0 saturated heterocycles. The van der Waals surface area contributed by atoms with Gasteiger partial charge in [0, 0.05) is 7.11 Å². The van der Waals surface area contributed by atoms with Gasteiger partial charge < -0.3 is 14.6 Å². The molecule has 0 atom stereocenters. The normalized spacial score (nSPS) is 11.9. The minimum absolute atomic E-state index is 0.0931. The van der Waals surface area contributed by atoms with Gasteiger partial charge in [0.15, 0.2) is 0 Å². The van der Waals surface area contributed by atoms with Crippen molar-refractivity contribution in [1.82, 2.24) is 9.78 Å². The second-order valence-corrected chi connectivity index (χ2v) is 4.15. The standard InChI is InChI=1S/C12H11F3N2O4/c1-20-5-17-10(18)7-3-6(12(13,14)15)4-8(9(7)16-17)11(19)21-2/h3-4,18H,5H2,1-2H3. The summed E-state index contributed by atoms with van der Waals surface area (Å²) in [7, 11) is 2.37. The molecule has 1 aromatic carbocycles. The first-order valence-electron chi connectivity index (χ1n) is 5.67. The second kappa shape index (κ2) is 5.24. The topological polar surface area (TPSA) is 73.6 Å². The van der Waals surface area contributed by atoms with Crippen LogP contribution >= 0.6 is 0 Å². The molecule has 114 valence electrons. The lowest BCUT2D eigenvalue weighted by molar-refractivity contribution is -0.137. The van der Waals surface area contributed by atoms with Crippen LogP contribution in [-0.4, -0.2) is 35.1 Å². The number of aromatic hydroxyl groups is 1. The van der Waals surface area contributed by atoms with E-state index < -0.39 is 23.6 Å². The van der Waals surface area contributed by atoms with Gasteiger partial charge in [-0.1, -0.05) is 0 Å². The molecule has 0 amide bonds. The van der Waals surface area contributed by atoms with Crippen molar-refractivity contribution in [3.63, 3.8) is 0 Å². The number of methoxy groups -OCH3 is 2. The molecule has 2 rings (SSSR count). The molecule has 0 aliphatic rings. The maximum absolute atomic E-state index is 12.9. The summed E-state index contributed by atoms with van der Waals surface area (Å²) < 4.78 is 48.8. The number of fused-ring (bicyclic) bond motifs is 1. The molecule has 0 saturated carbocycles. The molecule has 9 heteroatoms. The van der Waals surface area contributed by atoms with Crippen molar-refractivity contribution < 1.29 is 32.5 Å². The maximum Gasteiger partial charge on any atom is 0.416 e. The number of halogens is 3. The molecule has 0 unspecified atom stereocenters. The van der Waals surface area contributed by atoms with Crippen LogP contribution in [0.1, 0.15) is 15.9 Å². The Hall–Kier alpha value is -2.29.